The van der Waals surface area contributed by atoms with Crippen molar-refractivity contribution in [1.82, 2.24) is 4.57 Å². The molecule has 0 aliphatic heterocycles. The highest BCUT2D eigenvalue weighted by Crippen LogP contribution is 2.00. The van der Waals surface area contributed by atoms with Crippen LogP contribution < -0.4 is 10.7 Å². The van der Waals surface area contributed by atoms with Crippen molar-refractivity contribution in [3.8, 4) is 0 Å². The number of ether oxygens (including phenoxy) is 1. The van der Waals surface area contributed by atoms with Crippen molar-refractivity contribution >= 4 is 18.0 Å². The SMILES string of the molecule is CCCCCCOC(=O)n1c(=C=O)c(C)c(C)c1=C=O. The topological polar surface area (TPSA) is 65.4 Å². The van der Waals surface area contributed by atoms with E-state index in [1.165, 1.54) is 0 Å². The largest absolute Gasteiger partial charge is 0.449 e. The molecule has 5 nitrogen and oxygen atoms in total. The molecule has 0 spiro atoms. The Morgan fingerprint density at radius 1 is 1.05 bits per heavy atom. The zero-order chi connectivity index (χ0) is 15.1. The molecule has 5 heteroatoms. The van der Waals surface area contributed by atoms with Gasteiger partial charge in [-0.05, 0) is 31.4 Å². The third-order valence-electron chi connectivity index (χ3n) is 3.32. The van der Waals surface area contributed by atoms with Crippen LogP contribution in [0.25, 0.3) is 0 Å². The van der Waals surface area contributed by atoms with Crippen LogP contribution in [0.3, 0.4) is 0 Å². The second kappa shape index (κ2) is 7.49. The fourth-order valence-electron chi connectivity index (χ4n) is 1.98. The van der Waals surface area contributed by atoms with Crippen LogP contribution in [0.5, 0.6) is 0 Å². The quantitative estimate of drug-likeness (QED) is 0.742. The molecule has 108 valence electrons. The highest BCUT2D eigenvalue weighted by atomic mass is 16.5. The summed E-state index contributed by atoms with van der Waals surface area (Å²) >= 11 is 0. The number of nitrogens with zero attached hydrogens (tertiary/aromatic N) is 1. The van der Waals surface area contributed by atoms with Crippen molar-refractivity contribution in [2.45, 2.75) is 46.5 Å². The first-order chi connectivity index (χ1) is 9.58. The Morgan fingerprint density at radius 3 is 2.05 bits per heavy atom. The average Bonchev–Trinajstić information content (AvgIpc) is 2.70. The van der Waals surface area contributed by atoms with E-state index in [9.17, 15) is 14.4 Å². The second-order valence-electron chi connectivity index (χ2n) is 4.66. The van der Waals surface area contributed by atoms with Crippen molar-refractivity contribution in [3.05, 3.63) is 21.8 Å². The van der Waals surface area contributed by atoms with Crippen molar-refractivity contribution in [2.24, 2.45) is 0 Å². The van der Waals surface area contributed by atoms with Crippen molar-refractivity contribution in [1.29, 1.82) is 0 Å². The van der Waals surface area contributed by atoms with Crippen LogP contribution in [0.4, 0.5) is 4.79 Å². The van der Waals surface area contributed by atoms with Gasteiger partial charge in [0.2, 0.25) is 0 Å². The fraction of sp³-hybridized carbons (Fsp3) is 0.533. The van der Waals surface area contributed by atoms with Crippen LogP contribution in [-0.2, 0) is 14.3 Å². The standard InChI is InChI=1S/C15H19NO4/c1-4-5-6-7-8-20-15(19)16-13(9-17)11(2)12(3)14(16)10-18/h4-8H2,1-3H3. The highest BCUT2D eigenvalue weighted by Gasteiger charge is 2.16. The molecule has 0 bridgehead atoms. The number of carbonyl (C=O) groups excluding carboxylic acids is 3. The van der Waals surface area contributed by atoms with Gasteiger partial charge in [-0.15, -0.1) is 0 Å². The smallest absolute Gasteiger partial charge is 0.420 e. The zero-order valence-electron chi connectivity index (χ0n) is 12.1. The number of rotatable bonds is 5. The minimum absolute atomic E-state index is 0.0272. The van der Waals surface area contributed by atoms with Gasteiger partial charge in [0.1, 0.15) is 10.7 Å². The normalized spacial score (nSPS) is 9.95. The monoisotopic (exact) mass is 277 g/mol. The van der Waals surface area contributed by atoms with Crippen LogP contribution in [-0.4, -0.2) is 29.1 Å². The summed E-state index contributed by atoms with van der Waals surface area (Å²) in [6.07, 6.45) is 3.19. The summed E-state index contributed by atoms with van der Waals surface area (Å²) in [5.74, 6) is 3.37. The van der Waals surface area contributed by atoms with Crippen LogP contribution in [0.15, 0.2) is 0 Å². The van der Waals surface area contributed by atoms with Gasteiger partial charge in [0.05, 0.1) is 6.61 Å². The third kappa shape index (κ3) is 3.27. The molecule has 0 aliphatic carbocycles. The molecule has 1 heterocycles. The van der Waals surface area contributed by atoms with Gasteiger partial charge in [-0.3, -0.25) is 0 Å². The fourth-order valence-corrected chi connectivity index (χ4v) is 1.98. The first-order valence-corrected chi connectivity index (χ1v) is 6.73. The number of aromatic nitrogens is 1. The molecule has 0 saturated carbocycles. The maximum atomic E-state index is 12.0. The number of carbonyl (C=O) groups is 1. The molecule has 1 aromatic heterocycles. The van der Waals surface area contributed by atoms with Gasteiger partial charge >= 0.3 is 6.09 Å². The van der Waals surface area contributed by atoms with E-state index in [0.717, 1.165) is 30.3 Å². The Morgan fingerprint density at radius 2 is 1.60 bits per heavy atom. The lowest BCUT2D eigenvalue weighted by molar-refractivity contribution is 0.144. The van der Waals surface area contributed by atoms with E-state index >= 15 is 0 Å². The first kappa shape index (κ1) is 16.0. The Balaban J connectivity index is 2.98. The van der Waals surface area contributed by atoms with Gasteiger partial charge in [0.15, 0.2) is 11.9 Å². The highest BCUT2D eigenvalue weighted by molar-refractivity contribution is 5.75. The van der Waals surface area contributed by atoms with Crippen LogP contribution in [0.1, 0.15) is 43.7 Å². The van der Waals surface area contributed by atoms with E-state index in [-0.39, 0.29) is 17.3 Å². The molecule has 1 aromatic rings. The maximum absolute atomic E-state index is 12.0. The Bertz CT molecular complexity index is 603. The summed E-state index contributed by atoms with van der Waals surface area (Å²) < 4.78 is 6.04. The zero-order valence-corrected chi connectivity index (χ0v) is 12.1. The number of unbranched alkanes of at least 4 members (excludes halogenated alkanes) is 3. The van der Waals surface area contributed by atoms with Gasteiger partial charge in [-0.1, -0.05) is 26.2 Å². The van der Waals surface area contributed by atoms with Crippen molar-refractivity contribution < 1.29 is 19.1 Å². The van der Waals surface area contributed by atoms with Crippen LogP contribution in [0.2, 0.25) is 0 Å². The second-order valence-corrected chi connectivity index (χ2v) is 4.66. The lowest BCUT2D eigenvalue weighted by atomic mass is 10.2. The molecule has 0 fully saturated rings. The summed E-state index contributed by atoms with van der Waals surface area (Å²) in [6, 6.07) is 0. The minimum Gasteiger partial charge on any atom is -0.449 e. The molecule has 0 aromatic carbocycles. The molecule has 0 saturated heterocycles. The van der Waals surface area contributed by atoms with E-state index in [0.29, 0.717) is 11.1 Å². The van der Waals surface area contributed by atoms with E-state index in [1.54, 1.807) is 25.7 Å². The van der Waals surface area contributed by atoms with E-state index in [2.05, 4.69) is 6.92 Å². The van der Waals surface area contributed by atoms with Gasteiger partial charge in [-0.2, -0.15) is 0 Å². The van der Waals surface area contributed by atoms with Gasteiger partial charge in [0, 0.05) is 0 Å². The van der Waals surface area contributed by atoms with Crippen LogP contribution >= 0.6 is 0 Å². The lowest BCUT2D eigenvalue weighted by Gasteiger charge is -2.04. The molecule has 0 radical (unpaired) electrons. The molecule has 20 heavy (non-hydrogen) atoms. The summed E-state index contributed by atoms with van der Waals surface area (Å²) in [6.45, 7) is 5.67. The number of hydrogen-bond donors (Lipinski definition) is 0. The molecule has 1 rings (SSSR count). The predicted octanol–water partition coefficient (Wildman–Crippen LogP) is 0.676. The van der Waals surface area contributed by atoms with Crippen LogP contribution in [0, 0.1) is 13.8 Å². The molecule has 0 atom stereocenters. The molecular weight excluding hydrogens is 258 g/mol. The van der Waals surface area contributed by atoms with Crippen molar-refractivity contribution in [3.63, 3.8) is 0 Å². The molecule has 0 N–H and O–H groups in total. The Hall–Kier alpha value is -2.09. The summed E-state index contributed by atoms with van der Waals surface area (Å²) in [5, 5.41) is 0.0545. The Kier molecular flexibility index (Phi) is 5.98. The third-order valence-corrected chi connectivity index (χ3v) is 3.32. The number of hydrogen-bond acceptors (Lipinski definition) is 4. The summed E-state index contributed by atoms with van der Waals surface area (Å²) in [4.78, 5) is 33.9. The molecule has 0 unspecified atom stereocenters. The minimum atomic E-state index is -0.727. The van der Waals surface area contributed by atoms with E-state index < -0.39 is 6.09 Å². The maximum Gasteiger partial charge on any atom is 0.420 e. The lowest BCUT2D eigenvalue weighted by Crippen LogP contribution is -2.36. The summed E-state index contributed by atoms with van der Waals surface area (Å²) in [7, 11) is 0. The van der Waals surface area contributed by atoms with Gasteiger partial charge in [0.25, 0.3) is 0 Å². The molecule has 0 aliphatic rings. The van der Waals surface area contributed by atoms with E-state index in [4.69, 9.17) is 4.74 Å². The average molecular weight is 277 g/mol. The molecular formula is C15H19NO4. The van der Waals surface area contributed by atoms with E-state index in [1.807, 2.05) is 0 Å². The van der Waals surface area contributed by atoms with Gasteiger partial charge < -0.3 is 4.74 Å². The van der Waals surface area contributed by atoms with Crippen molar-refractivity contribution in [2.75, 3.05) is 6.61 Å². The van der Waals surface area contributed by atoms with Gasteiger partial charge in [-0.25, -0.2) is 19.0 Å². The summed E-state index contributed by atoms with van der Waals surface area (Å²) in [5.41, 5.74) is 1.09. The predicted molar refractivity (Wildman–Crippen MR) is 73.6 cm³/mol. The Labute approximate surface area is 117 Å². The first-order valence-electron chi connectivity index (χ1n) is 6.73. The molecule has 0 amide bonds.